The van der Waals surface area contributed by atoms with Gasteiger partial charge in [0.1, 0.15) is 11.9 Å². The summed E-state index contributed by atoms with van der Waals surface area (Å²) in [5.41, 5.74) is -1.08. The number of nitrogens with zero attached hydrogens (tertiary/aromatic N) is 3. The number of fused-ring (bicyclic) bond motifs is 1. The van der Waals surface area contributed by atoms with Gasteiger partial charge in [-0.05, 0) is 54.7 Å². The van der Waals surface area contributed by atoms with Crippen molar-refractivity contribution in [3.05, 3.63) is 101 Å². The molecule has 230 valence electrons. The van der Waals surface area contributed by atoms with Gasteiger partial charge in [0, 0.05) is 43.3 Å². The molecule has 1 aliphatic rings. The summed E-state index contributed by atoms with van der Waals surface area (Å²) < 4.78 is 52.1. The molecule has 2 unspecified atom stereocenters. The summed E-state index contributed by atoms with van der Waals surface area (Å²) in [4.78, 5) is 13.1. The molecule has 2 atom stereocenters. The van der Waals surface area contributed by atoms with Crippen LogP contribution in [0.15, 0.2) is 79.0 Å². The number of aromatic nitrogens is 1. The number of ether oxygens (including phenoxy) is 1. The monoisotopic (exact) mass is 605 g/mol. The Morgan fingerprint density at radius 3 is 2.34 bits per heavy atom. The van der Waals surface area contributed by atoms with Gasteiger partial charge in [-0.15, -0.1) is 0 Å². The van der Waals surface area contributed by atoms with E-state index in [9.17, 15) is 33.4 Å². The molecule has 44 heavy (non-hydrogen) atoms. The fourth-order valence-corrected chi connectivity index (χ4v) is 5.96. The number of benzene rings is 3. The number of carboxylic acids is 1. The molecule has 0 bridgehead atoms. The second kappa shape index (κ2) is 12.7. The third kappa shape index (κ3) is 6.44. The molecule has 5 rings (SSSR count). The summed E-state index contributed by atoms with van der Waals surface area (Å²) in [6.45, 7) is 2.03. The van der Waals surface area contributed by atoms with Gasteiger partial charge in [0.05, 0.1) is 23.1 Å². The van der Waals surface area contributed by atoms with Gasteiger partial charge in [-0.3, -0.25) is 9.69 Å². The lowest BCUT2D eigenvalue weighted by molar-refractivity contribution is -0.272. The smallest absolute Gasteiger partial charge is 0.422 e. The van der Waals surface area contributed by atoms with E-state index in [0.29, 0.717) is 54.7 Å². The molecule has 1 aromatic heterocycles. The van der Waals surface area contributed by atoms with E-state index in [0.717, 1.165) is 5.56 Å². The Bertz CT molecular complexity index is 1640. The van der Waals surface area contributed by atoms with E-state index in [4.69, 9.17) is 4.74 Å². The summed E-state index contributed by atoms with van der Waals surface area (Å²) >= 11 is 0. The van der Waals surface area contributed by atoms with Gasteiger partial charge in [0.2, 0.25) is 5.60 Å². The van der Waals surface area contributed by atoms with Gasteiger partial charge < -0.3 is 19.5 Å². The number of aliphatic hydroxyl groups is 1. The number of carbonyl (C=O) groups is 1. The lowest BCUT2D eigenvalue weighted by Gasteiger charge is -2.39. The average Bonchev–Trinajstić information content (AvgIpc) is 3.37. The maximum absolute atomic E-state index is 14.8. The lowest BCUT2D eigenvalue weighted by Crippen LogP contribution is -2.53. The average molecular weight is 606 g/mol. The molecule has 4 aromatic rings. The fourth-order valence-electron chi connectivity index (χ4n) is 5.96. The van der Waals surface area contributed by atoms with Gasteiger partial charge in [-0.25, -0.2) is 0 Å². The van der Waals surface area contributed by atoms with Crippen LogP contribution in [0.2, 0.25) is 0 Å². The summed E-state index contributed by atoms with van der Waals surface area (Å²) in [5.74, 6) is -0.914. The Morgan fingerprint density at radius 2 is 1.75 bits per heavy atom. The number of carboxylic acid groups (broad SMARTS) is 1. The molecule has 7 nitrogen and oxygen atoms in total. The van der Waals surface area contributed by atoms with E-state index >= 15 is 0 Å². The highest BCUT2D eigenvalue weighted by Crippen LogP contribution is 2.44. The Balaban J connectivity index is 1.34. The van der Waals surface area contributed by atoms with Gasteiger partial charge >= 0.3 is 12.1 Å². The first-order chi connectivity index (χ1) is 21.0. The van der Waals surface area contributed by atoms with Crippen molar-refractivity contribution in [1.29, 1.82) is 5.26 Å². The minimum absolute atomic E-state index is 0.227. The number of nitriles is 1. The Hall–Kier alpha value is -4.33. The van der Waals surface area contributed by atoms with E-state index in [1.165, 1.54) is 18.3 Å². The summed E-state index contributed by atoms with van der Waals surface area (Å²) in [7, 11) is 0. The van der Waals surface area contributed by atoms with Crippen molar-refractivity contribution >= 4 is 16.9 Å². The Labute approximate surface area is 253 Å². The first-order valence-corrected chi connectivity index (χ1v) is 14.6. The van der Waals surface area contributed by atoms with Crippen molar-refractivity contribution in [3.63, 3.8) is 0 Å². The summed E-state index contributed by atoms with van der Waals surface area (Å²) in [5, 5.41) is 30.6. The predicted molar refractivity (Wildman–Crippen MR) is 159 cm³/mol. The molecule has 0 amide bonds. The van der Waals surface area contributed by atoms with E-state index in [1.807, 2.05) is 43.3 Å². The quantitative estimate of drug-likeness (QED) is 0.216. The minimum Gasteiger partial charge on any atom is -0.490 e. The van der Waals surface area contributed by atoms with Crippen LogP contribution < -0.4 is 4.74 Å². The largest absolute Gasteiger partial charge is 0.490 e. The molecule has 1 fully saturated rings. The molecule has 1 aliphatic heterocycles. The van der Waals surface area contributed by atoms with Crippen LogP contribution in [0.25, 0.3) is 10.9 Å². The number of alkyl halides is 3. The van der Waals surface area contributed by atoms with Crippen LogP contribution in [0.3, 0.4) is 0 Å². The maximum atomic E-state index is 14.8. The predicted octanol–water partition coefficient (Wildman–Crippen LogP) is 6.43. The molecular weight excluding hydrogens is 571 g/mol. The van der Waals surface area contributed by atoms with Crippen molar-refractivity contribution in [3.8, 4) is 11.8 Å². The molecule has 2 N–H and O–H groups in total. The zero-order valence-electron chi connectivity index (χ0n) is 24.3. The van der Waals surface area contributed by atoms with Crippen LogP contribution in [-0.2, 0) is 16.9 Å². The number of halogens is 3. The molecule has 1 saturated heterocycles. The standard InChI is InChI=1S/C34H34F3N3O4/c1-2-28(32(41)42)25-9-11-26(12-10-25)44-27-14-16-39(17-15-27)22-33(43,34(35,36)37)30-21-40(20-23-6-4-3-5-7-23)31-18-24(19-38)8-13-29(30)31/h3-13,18,21,27-28,43H,2,14-17,20,22H2,1H3,(H,41,42). The number of β-amino-alcohol motifs (C(OH)–C–C–N with tert-alkyl or cyclic N) is 1. The van der Waals surface area contributed by atoms with E-state index < -0.39 is 30.2 Å². The number of rotatable bonds is 10. The van der Waals surface area contributed by atoms with Gasteiger partial charge in [-0.1, -0.05) is 55.5 Å². The van der Waals surface area contributed by atoms with Crippen LogP contribution in [-0.4, -0.2) is 57.6 Å². The zero-order chi connectivity index (χ0) is 31.5. The number of piperidine rings is 1. The topological polar surface area (TPSA) is 98.7 Å². The molecule has 10 heteroatoms. The van der Waals surface area contributed by atoms with Crippen molar-refractivity contribution < 1.29 is 32.9 Å². The molecular formula is C34H34F3N3O4. The summed E-state index contributed by atoms with van der Waals surface area (Å²) in [6, 6.07) is 22.7. The van der Waals surface area contributed by atoms with Gasteiger partial charge in [0.15, 0.2) is 0 Å². The molecule has 3 aromatic carbocycles. The van der Waals surface area contributed by atoms with E-state index in [-0.39, 0.29) is 23.6 Å². The number of likely N-dealkylation sites (tertiary alicyclic amines) is 1. The number of hydrogen-bond donors (Lipinski definition) is 2. The molecule has 0 saturated carbocycles. The molecule has 0 spiro atoms. The number of hydrogen-bond acceptors (Lipinski definition) is 5. The highest BCUT2D eigenvalue weighted by molar-refractivity contribution is 5.86. The molecule has 0 radical (unpaired) electrons. The molecule has 2 heterocycles. The van der Waals surface area contributed by atoms with Crippen LogP contribution in [0.4, 0.5) is 13.2 Å². The van der Waals surface area contributed by atoms with Crippen molar-refractivity contribution in [2.24, 2.45) is 0 Å². The lowest BCUT2D eigenvalue weighted by atomic mass is 9.90. The Morgan fingerprint density at radius 1 is 1.07 bits per heavy atom. The van der Waals surface area contributed by atoms with Gasteiger partial charge in [-0.2, -0.15) is 18.4 Å². The van der Waals surface area contributed by atoms with Crippen LogP contribution in [0, 0.1) is 11.3 Å². The highest BCUT2D eigenvalue weighted by atomic mass is 19.4. The second-order valence-electron chi connectivity index (χ2n) is 11.3. The van der Waals surface area contributed by atoms with Crippen molar-refractivity contribution in [2.45, 2.75) is 56.5 Å². The first-order valence-electron chi connectivity index (χ1n) is 14.6. The third-order valence-corrected chi connectivity index (χ3v) is 8.40. The third-order valence-electron chi connectivity index (χ3n) is 8.40. The SMILES string of the molecule is CCC(C(=O)O)c1ccc(OC2CCN(CC(O)(c3cn(Cc4ccccc4)c4cc(C#N)ccc34)C(F)(F)F)CC2)cc1. The van der Waals surface area contributed by atoms with Crippen molar-refractivity contribution in [2.75, 3.05) is 19.6 Å². The minimum atomic E-state index is -4.96. The zero-order valence-corrected chi connectivity index (χ0v) is 24.3. The number of aliphatic carboxylic acids is 1. The van der Waals surface area contributed by atoms with Crippen molar-refractivity contribution in [1.82, 2.24) is 9.47 Å². The Kier molecular flexibility index (Phi) is 9.00. The maximum Gasteiger partial charge on any atom is 0.422 e. The van der Waals surface area contributed by atoms with Crippen LogP contribution in [0.1, 0.15) is 54.4 Å². The second-order valence-corrected chi connectivity index (χ2v) is 11.3. The molecule has 0 aliphatic carbocycles. The highest BCUT2D eigenvalue weighted by Gasteiger charge is 2.57. The normalized spacial score (nSPS) is 16.7. The van der Waals surface area contributed by atoms with Gasteiger partial charge in [0.25, 0.3) is 0 Å². The summed E-state index contributed by atoms with van der Waals surface area (Å²) in [6.07, 6.45) is -2.44. The van der Waals surface area contributed by atoms with E-state index in [1.54, 1.807) is 39.8 Å². The van der Waals surface area contributed by atoms with Crippen LogP contribution in [0.5, 0.6) is 5.75 Å². The van der Waals surface area contributed by atoms with E-state index in [2.05, 4.69) is 0 Å². The van der Waals surface area contributed by atoms with Crippen LogP contribution >= 0.6 is 0 Å². The fraction of sp³-hybridized carbons (Fsp3) is 0.353. The first kappa shape index (κ1) is 31.1.